The minimum atomic E-state index is -4.88. The SMILES string of the molecule is O=P(O)(O)OC(CC(F)F)c1ccc(F)cc1. The molecule has 0 aliphatic heterocycles. The van der Waals surface area contributed by atoms with E-state index in [9.17, 15) is 17.7 Å². The van der Waals surface area contributed by atoms with Crippen LogP contribution >= 0.6 is 7.82 Å². The summed E-state index contributed by atoms with van der Waals surface area (Å²) in [5, 5.41) is 0. The molecule has 1 aromatic carbocycles. The van der Waals surface area contributed by atoms with Crippen molar-refractivity contribution >= 4 is 7.82 Å². The van der Waals surface area contributed by atoms with Crippen molar-refractivity contribution in [3.63, 3.8) is 0 Å². The Balaban J connectivity index is 2.89. The Morgan fingerprint density at radius 3 is 2.18 bits per heavy atom. The lowest BCUT2D eigenvalue weighted by Crippen LogP contribution is -2.07. The summed E-state index contributed by atoms with van der Waals surface area (Å²) in [6.45, 7) is 0. The molecule has 0 saturated heterocycles. The van der Waals surface area contributed by atoms with Gasteiger partial charge in [0.05, 0.1) is 6.10 Å². The van der Waals surface area contributed by atoms with Gasteiger partial charge in [0.25, 0.3) is 0 Å². The maximum Gasteiger partial charge on any atom is 0.470 e. The molecule has 0 bridgehead atoms. The third-order valence-corrected chi connectivity index (χ3v) is 2.43. The smallest absolute Gasteiger partial charge is 0.303 e. The highest BCUT2D eigenvalue weighted by Crippen LogP contribution is 2.44. The van der Waals surface area contributed by atoms with E-state index in [1.165, 1.54) is 0 Å². The lowest BCUT2D eigenvalue weighted by molar-refractivity contribution is 0.0555. The number of halogens is 3. The maximum atomic E-state index is 12.6. The first-order valence-corrected chi connectivity index (χ1v) is 6.08. The molecule has 0 saturated carbocycles. The summed E-state index contributed by atoms with van der Waals surface area (Å²) in [7, 11) is -4.88. The highest BCUT2D eigenvalue weighted by atomic mass is 31.2. The largest absolute Gasteiger partial charge is 0.470 e. The highest BCUT2D eigenvalue weighted by molar-refractivity contribution is 7.46. The molecule has 0 radical (unpaired) electrons. The van der Waals surface area contributed by atoms with Crippen LogP contribution in [0.1, 0.15) is 18.1 Å². The topological polar surface area (TPSA) is 66.8 Å². The summed E-state index contributed by atoms with van der Waals surface area (Å²) >= 11 is 0. The molecule has 0 amide bonds. The molecule has 0 spiro atoms. The molecule has 17 heavy (non-hydrogen) atoms. The van der Waals surface area contributed by atoms with Gasteiger partial charge in [-0.25, -0.2) is 17.7 Å². The molecule has 1 unspecified atom stereocenters. The number of rotatable bonds is 5. The van der Waals surface area contributed by atoms with Gasteiger partial charge >= 0.3 is 7.82 Å². The van der Waals surface area contributed by atoms with Crippen LogP contribution in [0.2, 0.25) is 0 Å². The number of benzene rings is 1. The Hall–Kier alpha value is -0.880. The first-order valence-electron chi connectivity index (χ1n) is 4.55. The van der Waals surface area contributed by atoms with E-state index in [0.29, 0.717) is 0 Å². The predicted molar refractivity (Wildman–Crippen MR) is 52.9 cm³/mol. The average molecular weight is 270 g/mol. The van der Waals surface area contributed by atoms with Crippen LogP contribution in [0.15, 0.2) is 24.3 Å². The number of alkyl halides is 2. The molecular formula is C9H10F3O4P. The van der Waals surface area contributed by atoms with Crippen molar-refractivity contribution < 1.29 is 32.0 Å². The van der Waals surface area contributed by atoms with Crippen molar-refractivity contribution in [1.29, 1.82) is 0 Å². The van der Waals surface area contributed by atoms with Gasteiger partial charge in [0.2, 0.25) is 6.43 Å². The Bertz CT molecular complexity index is 403. The van der Waals surface area contributed by atoms with E-state index in [1.54, 1.807) is 0 Å². The lowest BCUT2D eigenvalue weighted by atomic mass is 10.1. The lowest BCUT2D eigenvalue weighted by Gasteiger charge is -2.18. The van der Waals surface area contributed by atoms with E-state index in [0.717, 1.165) is 24.3 Å². The second-order valence-electron chi connectivity index (χ2n) is 3.26. The highest BCUT2D eigenvalue weighted by Gasteiger charge is 2.26. The van der Waals surface area contributed by atoms with E-state index in [2.05, 4.69) is 4.52 Å². The van der Waals surface area contributed by atoms with E-state index < -0.39 is 32.6 Å². The molecule has 0 heterocycles. The zero-order chi connectivity index (χ0) is 13.1. The third kappa shape index (κ3) is 5.32. The van der Waals surface area contributed by atoms with Gasteiger partial charge < -0.3 is 9.79 Å². The van der Waals surface area contributed by atoms with Crippen LogP contribution in [0.25, 0.3) is 0 Å². The zero-order valence-electron chi connectivity index (χ0n) is 8.46. The molecule has 96 valence electrons. The van der Waals surface area contributed by atoms with Crippen LogP contribution in [0, 0.1) is 5.82 Å². The first-order chi connectivity index (χ1) is 7.78. The quantitative estimate of drug-likeness (QED) is 0.807. The summed E-state index contributed by atoms with van der Waals surface area (Å²) in [4.78, 5) is 17.2. The first kappa shape index (κ1) is 14.2. The van der Waals surface area contributed by atoms with Crippen LogP contribution < -0.4 is 0 Å². The standard InChI is InChI=1S/C9H10F3O4P/c10-7-3-1-6(2-4-7)8(5-9(11)12)16-17(13,14)15/h1-4,8-9H,5H2,(H2,13,14,15). The Morgan fingerprint density at radius 1 is 1.24 bits per heavy atom. The van der Waals surface area contributed by atoms with Crippen molar-refractivity contribution in [3.8, 4) is 0 Å². The van der Waals surface area contributed by atoms with Crippen LogP contribution in [0.5, 0.6) is 0 Å². The molecule has 0 fully saturated rings. The van der Waals surface area contributed by atoms with Gasteiger partial charge in [-0.2, -0.15) is 0 Å². The van der Waals surface area contributed by atoms with Crippen LogP contribution in [0.4, 0.5) is 13.2 Å². The number of phosphoric acid groups is 1. The molecule has 1 atom stereocenters. The molecule has 0 aliphatic carbocycles. The predicted octanol–water partition coefficient (Wildman–Crippen LogP) is 2.63. The van der Waals surface area contributed by atoms with Crippen molar-refractivity contribution in [2.45, 2.75) is 19.0 Å². The van der Waals surface area contributed by atoms with Gasteiger partial charge in [0.15, 0.2) is 0 Å². The molecule has 4 nitrogen and oxygen atoms in total. The number of hydrogen-bond acceptors (Lipinski definition) is 2. The normalized spacial score (nSPS) is 14.0. The summed E-state index contributed by atoms with van der Waals surface area (Å²) in [5.41, 5.74) is 0.0787. The van der Waals surface area contributed by atoms with E-state index in [4.69, 9.17) is 9.79 Å². The minimum absolute atomic E-state index is 0.0787. The van der Waals surface area contributed by atoms with Crippen molar-refractivity contribution in [2.75, 3.05) is 0 Å². The van der Waals surface area contributed by atoms with Gasteiger partial charge in [-0.3, -0.25) is 4.52 Å². The Kier molecular flexibility index (Phi) is 4.70. The maximum absolute atomic E-state index is 12.6. The summed E-state index contributed by atoms with van der Waals surface area (Å²) in [6, 6.07) is 4.27. The minimum Gasteiger partial charge on any atom is -0.303 e. The van der Waals surface area contributed by atoms with E-state index in [1.807, 2.05) is 0 Å². The number of hydrogen-bond donors (Lipinski definition) is 2. The van der Waals surface area contributed by atoms with Crippen molar-refractivity contribution in [1.82, 2.24) is 0 Å². The van der Waals surface area contributed by atoms with Crippen molar-refractivity contribution in [3.05, 3.63) is 35.6 Å². The summed E-state index contributed by atoms with van der Waals surface area (Å²) in [5.74, 6) is -0.583. The molecular weight excluding hydrogens is 260 g/mol. The van der Waals surface area contributed by atoms with Crippen LogP contribution in [0.3, 0.4) is 0 Å². The summed E-state index contributed by atoms with van der Waals surface area (Å²) < 4.78 is 51.9. The summed E-state index contributed by atoms with van der Waals surface area (Å²) in [6.07, 6.45) is -5.15. The van der Waals surface area contributed by atoms with Crippen LogP contribution in [-0.2, 0) is 9.09 Å². The van der Waals surface area contributed by atoms with Gasteiger partial charge in [-0.05, 0) is 17.7 Å². The zero-order valence-corrected chi connectivity index (χ0v) is 9.36. The van der Waals surface area contributed by atoms with E-state index in [-0.39, 0.29) is 5.56 Å². The third-order valence-electron chi connectivity index (χ3n) is 1.90. The number of phosphoric ester groups is 1. The second-order valence-corrected chi connectivity index (χ2v) is 4.45. The van der Waals surface area contributed by atoms with Gasteiger partial charge in [-0.15, -0.1) is 0 Å². The molecule has 1 aromatic rings. The average Bonchev–Trinajstić information content (AvgIpc) is 2.14. The Labute approximate surface area is 95.3 Å². The van der Waals surface area contributed by atoms with Crippen LogP contribution in [-0.4, -0.2) is 16.2 Å². The van der Waals surface area contributed by atoms with Gasteiger partial charge in [0.1, 0.15) is 5.82 Å². The molecule has 2 N–H and O–H groups in total. The van der Waals surface area contributed by atoms with Crippen molar-refractivity contribution in [2.24, 2.45) is 0 Å². The monoisotopic (exact) mass is 270 g/mol. The second kappa shape index (κ2) is 5.64. The fourth-order valence-corrected chi connectivity index (χ4v) is 1.78. The molecule has 8 heteroatoms. The molecule has 1 rings (SSSR count). The Morgan fingerprint density at radius 2 is 1.76 bits per heavy atom. The van der Waals surface area contributed by atoms with E-state index >= 15 is 0 Å². The molecule has 0 aromatic heterocycles. The molecule has 0 aliphatic rings. The van der Waals surface area contributed by atoms with Gasteiger partial charge in [-0.1, -0.05) is 12.1 Å². The van der Waals surface area contributed by atoms with Gasteiger partial charge in [0, 0.05) is 6.42 Å². The fourth-order valence-electron chi connectivity index (χ4n) is 1.24. The fraction of sp³-hybridized carbons (Fsp3) is 0.333.